The highest BCUT2D eigenvalue weighted by Gasteiger charge is 2.10. The summed E-state index contributed by atoms with van der Waals surface area (Å²) in [4.78, 5) is 14.1. The number of hydrogen-bond donors (Lipinski definition) is 2. The molecule has 0 aliphatic heterocycles. The number of benzene rings is 2. The van der Waals surface area contributed by atoms with Gasteiger partial charge in [-0.05, 0) is 24.7 Å². The maximum absolute atomic E-state index is 11.9. The fraction of sp³-hybridized carbons (Fsp3) is 0.278. The van der Waals surface area contributed by atoms with Crippen molar-refractivity contribution in [3.8, 4) is 0 Å². The second-order valence-electron chi connectivity index (χ2n) is 5.26. The largest absolute Gasteiger partial charge is 0.369 e. The fourth-order valence-electron chi connectivity index (χ4n) is 2.31. The molecule has 0 atom stereocenters. The van der Waals surface area contributed by atoms with Crippen LogP contribution in [0.2, 0.25) is 0 Å². The number of anilines is 2. The van der Waals surface area contributed by atoms with Crippen molar-refractivity contribution in [2.24, 2.45) is 0 Å². The third kappa shape index (κ3) is 4.60. The average Bonchev–Trinajstić information content (AvgIpc) is 2.54. The van der Waals surface area contributed by atoms with Gasteiger partial charge in [0.2, 0.25) is 5.91 Å². The number of nitrogens with one attached hydrogen (secondary N) is 2. The van der Waals surface area contributed by atoms with E-state index in [9.17, 15) is 4.79 Å². The van der Waals surface area contributed by atoms with Crippen LogP contribution in [0.15, 0.2) is 54.6 Å². The number of hydrogen-bond acceptors (Lipinski definition) is 3. The molecule has 0 fully saturated rings. The van der Waals surface area contributed by atoms with E-state index in [4.69, 9.17) is 0 Å². The number of nitrogens with zero attached hydrogens (tertiary/aromatic N) is 1. The van der Waals surface area contributed by atoms with E-state index in [-0.39, 0.29) is 5.91 Å². The van der Waals surface area contributed by atoms with E-state index >= 15 is 0 Å². The molecule has 0 saturated carbocycles. The first-order chi connectivity index (χ1) is 10.7. The van der Waals surface area contributed by atoms with E-state index in [2.05, 4.69) is 27.7 Å². The van der Waals surface area contributed by atoms with Crippen LogP contribution in [0.4, 0.5) is 11.4 Å². The quantitative estimate of drug-likeness (QED) is 0.826. The van der Waals surface area contributed by atoms with Gasteiger partial charge in [0.05, 0.1) is 11.4 Å². The van der Waals surface area contributed by atoms with E-state index in [1.807, 2.05) is 56.6 Å². The van der Waals surface area contributed by atoms with Crippen molar-refractivity contribution < 1.29 is 4.79 Å². The molecule has 116 valence electrons. The first kappa shape index (κ1) is 16.0. The summed E-state index contributed by atoms with van der Waals surface area (Å²) in [6.45, 7) is 1.47. The molecule has 2 aromatic carbocycles. The Morgan fingerprint density at radius 2 is 1.73 bits per heavy atom. The summed E-state index contributed by atoms with van der Waals surface area (Å²) in [5.41, 5.74) is 3.10. The van der Waals surface area contributed by atoms with Crippen molar-refractivity contribution in [1.29, 1.82) is 0 Å². The van der Waals surface area contributed by atoms with Crippen LogP contribution in [0.3, 0.4) is 0 Å². The van der Waals surface area contributed by atoms with E-state index in [0.29, 0.717) is 13.0 Å². The number of carbonyl (C=O) groups excluding carboxylic acids is 1. The molecule has 0 saturated heterocycles. The molecule has 0 heterocycles. The van der Waals surface area contributed by atoms with Crippen molar-refractivity contribution >= 4 is 17.3 Å². The molecule has 0 aliphatic carbocycles. The number of carbonyl (C=O) groups is 1. The van der Waals surface area contributed by atoms with Crippen molar-refractivity contribution in [3.63, 3.8) is 0 Å². The van der Waals surface area contributed by atoms with Crippen LogP contribution < -0.4 is 15.5 Å². The number of para-hydroxylation sites is 2. The summed E-state index contributed by atoms with van der Waals surface area (Å²) >= 11 is 0. The second kappa shape index (κ2) is 8.20. The summed E-state index contributed by atoms with van der Waals surface area (Å²) in [5.74, 6) is 0.0231. The van der Waals surface area contributed by atoms with Crippen LogP contribution in [0.1, 0.15) is 12.0 Å². The predicted octanol–water partition coefficient (Wildman–Crippen LogP) is 2.87. The molecule has 1 amide bonds. The molecule has 0 radical (unpaired) electrons. The van der Waals surface area contributed by atoms with E-state index in [1.165, 1.54) is 5.56 Å². The zero-order chi connectivity index (χ0) is 15.8. The molecule has 4 nitrogen and oxygen atoms in total. The molecule has 0 aromatic heterocycles. The van der Waals surface area contributed by atoms with Crippen molar-refractivity contribution in [3.05, 3.63) is 60.2 Å². The minimum Gasteiger partial charge on any atom is -0.369 e. The van der Waals surface area contributed by atoms with Gasteiger partial charge in [0.15, 0.2) is 0 Å². The van der Waals surface area contributed by atoms with Gasteiger partial charge in [-0.25, -0.2) is 0 Å². The van der Waals surface area contributed by atoms with Gasteiger partial charge in [0.25, 0.3) is 0 Å². The van der Waals surface area contributed by atoms with Crippen LogP contribution in [0.25, 0.3) is 0 Å². The van der Waals surface area contributed by atoms with Crippen LogP contribution in [-0.2, 0) is 11.3 Å². The molecule has 0 bridgehead atoms. The lowest BCUT2D eigenvalue weighted by molar-refractivity contribution is -0.116. The Hall–Kier alpha value is -2.33. The average molecular weight is 297 g/mol. The zero-order valence-corrected chi connectivity index (χ0v) is 13.2. The van der Waals surface area contributed by atoms with Gasteiger partial charge in [-0.3, -0.25) is 4.79 Å². The Bertz CT molecular complexity index is 598. The first-order valence-corrected chi connectivity index (χ1v) is 7.49. The first-order valence-electron chi connectivity index (χ1n) is 7.49. The standard InChI is InChI=1S/C18H23N3O/c1-19-13-12-18(22)20-16-10-6-7-11-17(16)21(2)14-15-8-4-3-5-9-15/h3-11,19H,12-14H2,1-2H3,(H,20,22). The third-order valence-corrected chi connectivity index (χ3v) is 3.45. The Kier molecular flexibility index (Phi) is 5.98. The molecule has 2 N–H and O–H groups in total. The van der Waals surface area contributed by atoms with E-state index in [0.717, 1.165) is 17.9 Å². The third-order valence-electron chi connectivity index (χ3n) is 3.45. The lowest BCUT2D eigenvalue weighted by atomic mass is 10.2. The Morgan fingerprint density at radius 3 is 2.45 bits per heavy atom. The normalized spacial score (nSPS) is 10.3. The summed E-state index contributed by atoms with van der Waals surface area (Å²) in [6, 6.07) is 18.2. The van der Waals surface area contributed by atoms with Gasteiger partial charge in [0.1, 0.15) is 0 Å². The summed E-state index contributed by atoms with van der Waals surface area (Å²) < 4.78 is 0. The minimum absolute atomic E-state index is 0.0231. The highest BCUT2D eigenvalue weighted by molar-refractivity contribution is 5.94. The Balaban J connectivity index is 2.08. The highest BCUT2D eigenvalue weighted by Crippen LogP contribution is 2.26. The summed E-state index contributed by atoms with van der Waals surface area (Å²) in [5, 5.41) is 5.97. The van der Waals surface area contributed by atoms with Gasteiger partial charge >= 0.3 is 0 Å². The SMILES string of the molecule is CNCCC(=O)Nc1ccccc1N(C)Cc1ccccc1. The second-order valence-corrected chi connectivity index (χ2v) is 5.26. The van der Waals surface area contributed by atoms with Crippen molar-refractivity contribution in [1.82, 2.24) is 5.32 Å². The molecule has 2 rings (SSSR count). The van der Waals surface area contributed by atoms with E-state index in [1.54, 1.807) is 0 Å². The molecule has 0 spiro atoms. The summed E-state index contributed by atoms with van der Waals surface area (Å²) in [7, 11) is 3.88. The smallest absolute Gasteiger partial charge is 0.225 e. The molecule has 2 aromatic rings. The predicted molar refractivity (Wildman–Crippen MR) is 92.2 cm³/mol. The van der Waals surface area contributed by atoms with Gasteiger partial charge in [-0.1, -0.05) is 42.5 Å². The lowest BCUT2D eigenvalue weighted by Gasteiger charge is -2.22. The molecule has 4 heteroatoms. The monoisotopic (exact) mass is 297 g/mol. The van der Waals surface area contributed by atoms with Gasteiger partial charge in [-0.15, -0.1) is 0 Å². The van der Waals surface area contributed by atoms with Crippen LogP contribution in [-0.4, -0.2) is 26.5 Å². The van der Waals surface area contributed by atoms with Gasteiger partial charge < -0.3 is 15.5 Å². The maximum Gasteiger partial charge on any atom is 0.225 e. The van der Waals surface area contributed by atoms with Gasteiger partial charge in [-0.2, -0.15) is 0 Å². The van der Waals surface area contributed by atoms with E-state index < -0.39 is 0 Å². The Labute approximate surface area is 132 Å². The minimum atomic E-state index is 0.0231. The maximum atomic E-state index is 11.9. The zero-order valence-electron chi connectivity index (χ0n) is 13.2. The highest BCUT2D eigenvalue weighted by atomic mass is 16.1. The lowest BCUT2D eigenvalue weighted by Crippen LogP contribution is -2.22. The molecule has 0 unspecified atom stereocenters. The number of rotatable bonds is 7. The topological polar surface area (TPSA) is 44.4 Å². The summed E-state index contributed by atoms with van der Waals surface area (Å²) in [6.07, 6.45) is 0.466. The Morgan fingerprint density at radius 1 is 1.05 bits per heavy atom. The van der Waals surface area contributed by atoms with Crippen LogP contribution >= 0.6 is 0 Å². The number of amides is 1. The molecular formula is C18H23N3O. The van der Waals surface area contributed by atoms with Crippen molar-refractivity contribution in [2.45, 2.75) is 13.0 Å². The van der Waals surface area contributed by atoms with Gasteiger partial charge in [0, 0.05) is 26.6 Å². The van der Waals surface area contributed by atoms with Crippen molar-refractivity contribution in [2.75, 3.05) is 30.9 Å². The molecular weight excluding hydrogens is 274 g/mol. The molecule has 22 heavy (non-hydrogen) atoms. The van der Waals surface area contributed by atoms with Crippen LogP contribution in [0.5, 0.6) is 0 Å². The van der Waals surface area contributed by atoms with Crippen LogP contribution in [0, 0.1) is 0 Å². The fourth-order valence-corrected chi connectivity index (χ4v) is 2.31. The molecule has 0 aliphatic rings.